The first-order chi connectivity index (χ1) is 19.6. The number of halogens is 1. The summed E-state index contributed by atoms with van der Waals surface area (Å²) in [7, 11) is 0. The summed E-state index contributed by atoms with van der Waals surface area (Å²) >= 11 is 0. The first kappa shape index (κ1) is 28.1. The number of carbonyl (C=O) groups excluding carboxylic acids is 5. The van der Waals surface area contributed by atoms with E-state index in [2.05, 4.69) is 0 Å². The molecule has 0 bridgehead atoms. The largest absolute Gasteiger partial charge is 0.456 e. The summed E-state index contributed by atoms with van der Waals surface area (Å²) in [6.07, 6.45) is -1.30. The fourth-order valence-corrected chi connectivity index (χ4v) is 5.78. The minimum absolute atomic E-state index is 0.139. The highest BCUT2D eigenvalue weighted by molar-refractivity contribution is 6.28. The summed E-state index contributed by atoms with van der Waals surface area (Å²) in [6.45, 7) is 3.27. The Bertz CT molecular complexity index is 1490. The van der Waals surface area contributed by atoms with E-state index in [9.17, 15) is 28.4 Å². The van der Waals surface area contributed by atoms with Crippen LogP contribution >= 0.6 is 0 Å². The molecule has 0 saturated carbocycles. The number of hydrogen-bond donors (Lipinski definition) is 0. The molecule has 1 fully saturated rings. The monoisotopic (exact) mass is 562 g/mol. The van der Waals surface area contributed by atoms with Crippen LogP contribution in [0.5, 0.6) is 0 Å². The normalized spacial score (nSPS) is 27.0. The van der Waals surface area contributed by atoms with Crippen molar-refractivity contribution in [1.29, 1.82) is 0 Å². The number of esters is 3. The topological polar surface area (TPSA) is 122 Å². The number of Topliss-reactive ketones (excluding diaryl/α,β-unsaturated/α-hetero) is 2. The van der Waals surface area contributed by atoms with Gasteiger partial charge in [0.1, 0.15) is 11.9 Å². The molecule has 0 radical (unpaired) electrons. The summed E-state index contributed by atoms with van der Waals surface area (Å²) in [5.74, 6) is -4.90. The number of benzene rings is 2. The van der Waals surface area contributed by atoms with Crippen molar-refractivity contribution in [3.8, 4) is 0 Å². The molecule has 2 aliphatic carbocycles. The van der Waals surface area contributed by atoms with Crippen LogP contribution < -0.4 is 0 Å². The average Bonchev–Trinajstić information content (AvgIpc) is 2.92. The SMILES string of the molecule is CC(=O)O[C@@H]1[C@@H](OC(C)=O)[C@H](C2C=CC(c3ccc(F)cc3)C3=C2C(=O)c2ccccc2C3=O)OC[C@H]1OC(C)=O. The number of rotatable bonds is 5. The lowest BCUT2D eigenvalue weighted by molar-refractivity contribution is -0.229. The van der Waals surface area contributed by atoms with E-state index < -0.39 is 65.8 Å². The van der Waals surface area contributed by atoms with Crippen molar-refractivity contribution >= 4 is 29.5 Å². The summed E-state index contributed by atoms with van der Waals surface area (Å²) < 4.78 is 36.2. The van der Waals surface area contributed by atoms with Crippen molar-refractivity contribution in [1.82, 2.24) is 0 Å². The predicted molar refractivity (Wildman–Crippen MR) is 140 cm³/mol. The fourth-order valence-electron chi connectivity index (χ4n) is 5.78. The minimum Gasteiger partial charge on any atom is -0.456 e. The van der Waals surface area contributed by atoms with Gasteiger partial charge in [0, 0.05) is 54.9 Å². The lowest BCUT2D eigenvalue weighted by atomic mass is 9.67. The van der Waals surface area contributed by atoms with Crippen LogP contribution in [-0.2, 0) is 33.3 Å². The van der Waals surface area contributed by atoms with Crippen molar-refractivity contribution in [2.75, 3.05) is 6.61 Å². The van der Waals surface area contributed by atoms with Gasteiger partial charge in [0.2, 0.25) is 0 Å². The van der Waals surface area contributed by atoms with Crippen LogP contribution in [0.4, 0.5) is 4.39 Å². The van der Waals surface area contributed by atoms with Crippen molar-refractivity contribution in [2.45, 2.75) is 51.1 Å². The molecular formula is C31H27FO9. The number of fused-ring (bicyclic) bond motifs is 1. The Morgan fingerprint density at radius 3 is 1.90 bits per heavy atom. The quantitative estimate of drug-likeness (QED) is 0.305. The van der Waals surface area contributed by atoms with E-state index in [1.807, 2.05) is 0 Å². The van der Waals surface area contributed by atoms with Gasteiger partial charge < -0.3 is 18.9 Å². The molecule has 1 heterocycles. The molecule has 0 spiro atoms. The predicted octanol–water partition coefficient (Wildman–Crippen LogP) is 3.67. The van der Waals surface area contributed by atoms with E-state index in [-0.39, 0.29) is 34.7 Å². The maximum Gasteiger partial charge on any atom is 0.303 e. The van der Waals surface area contributed by atoms with E-state index in [0.29, 0.717) is 5.56 Å². The number of allylic oxidation sites excluding steroid dienone is 2. The standard InChI is InChI=1S/C31H27FO9/c1-15(33)39-24-14-38-29(31(41-17(3)35)30(24)40-16(2)34)23-13-12-20(18-8-10-19(32)11-9-18)25-26(23)28(37)22-7-5-4-6-21(22)27(25)36/h4-13,20,23-24,29-31H,14H2,1-3H3/t20?,23?,24-,29+,30+,31+/m1/s1. The van der Waals surface area contributed by atoms with Gasteiger partial charge in [-0.1, -0.05) is 48.6 Å². The average molecular weight is 563 g/mol. The van der Waals surface area contributed by atoms with Crippen LogP contribution in [-0.4, -0.2) is 60.5 Å². The van der Waals surface area contributed by atoms with E-state index >= 15 is 0 Å². The zero-order chi connectivity index (χ0) is 29.4. The van der Waals surface area contributed by atoms with Gasteiger partial charge >= 0.3 is 17.9 Å². The molecule has 41 heavy (non-hydrogen) atoms. The Labute approximate surface area is 234 Å². The Balaban J connectivity index is 1.64. The molecule has 212 valence electrons. The fraction of sp³-hybridized carbons (Fsp3) is 0.323. The summed E-state index contributed by atoms with van der Waals surface area (Å²) in [4.78, 5) is 64.1. The molecule has 3 aliphatic rings. The third-order valence-electron chi connectivity index (χ3n) is 7.32. The molecule has 10 heteroatoms. The van der Waals surface area contributed by atoms with Crippen LogP contribution in [0, 0.1) is 11.7 Å². The number of carbonyl (C=O) groups is 5. The highest BCUT2D eigenvalue weighted by Gasteiger charge is 2.52. The summed E-state index contributed by atoms with van der Waals surface area (Å²) in [5.41, 5.74) is 1.39. The van der Waals surface area contributed by atoms with Crippen LogP contribution in [0.15, 0.2) is 71.8 Å². The van der Waals surface area contributed by atoms with Crippen LogP contribution in [0.25, 0.3) is 0 Å². The van der Waals surface area contributed by atoms with Crippen molar-refractivity contribution in [2.24, 2.45) is 5.92 Å². The van der Waals surface area contributed by atoms with E-state index in [4.69, 9.17) is 18.9 Å². The first-order valence-electron chi connectivity index (χ1n) is 13.1. The second-order valence-electron chi connectivity index (χ2n) is 10.1. The summed E-state index contributed by atoms with van der Waals surface area (Å²) in [6, 6.07) is 12.1. The zero-order valence-electron chi connectivity index (χ0n) is 22.5. The number of ketones is 2. The Morgan fingerprint density at radius 1 is 0.756 bits per heavy atom. The second kappa shape index (κ2) is 11.2. The first-order valence-corrected chi connectivity index (χ1v) is 13.1. The third-order valence-corrected chi connectivity index (χ3v) is 7.32. The third kappa shape index (κ3) is 5.35. The van der Waals surface area contributed by atoms with E-state index in [1.54, 1.807) is 48.6 Å². The lowest BCUT2D eigenvalue weighted by Gasteiger charge is -2.44. The smallest absolute Gasteiger partial charge is 0.303 e. The molecule has 2 unspecified atom stereocenters. The Morgan fingerprint density at radius 2 is 1.32 bits per heavy atom. The lowest BCUT2D eigenvalue weighted by Crippen LogP contribution is -2.59. The molecule has 0 amide bonds. The van der Waals surface area contributed by atoms with Crippen LogP contribution in [0.1, 0.15) is 53.0 Å². The molecule has 1 saturated heterocycles. The minimum atomic E-state index is -1.29. The van der Waals surface area contributed by atoms with Gasteiger partial charge in [0.05, 0.1) is 6.61 Å². The molecular weight excluding hydrogens is 535 g/mol. The highest BCUT2D eigenvalue weighted by Crippen LogP contribution is 2.45. The maximum absolute atomic E-state index is 14.1. The van der Waals surface area contributed by atoms with E-state index in [0.717, 1.165) is 13.8 Å². The number of hydrogen-bond acceptors (Lipinski definition) is 9. The Kier molecular flexibility index (Phi) is 7.68. The van der Waals surface area contributed by atoms with Crippen molar-refractivity contribution < 1.29 is 47.3 Å². The van der Waals surface area contributed by atoms with Crippen LogP contribution in [0.2, 0.25) is 0 Å². The molecule has 2 aromatic carbocycles. The molecule has 6 atom stereocenters. The molecule has 5 rings (SSSR count). The van der Waals surface area contributed by atoms with Gasteiger partial charge in [-0.25, -0.2) is 4.39 Å². The maximum atomic E-state index is 14.1. The molecule has 9 nitrogen and oxygen atoms in total. The van der Waals surface area contributed by atoms with E-state index in [1.165, 1.54) is 19.1 Å². The summed E-state index contributed by atoms with van der Waals surface area (Å²) in [5, 5.41) is 0. The van der Waals surface area contributed by atoms with Gasteiger partial charge in [-0.3, -0.25) is 24.0 Å². The molecule has 0 aromatic heterocycles. The van der Waals surface area contributed by atoms with Gasteiger partial charge in [-0.15, -0.1) is 0 Å². The van der Waals surface area contributed by atoms with Crippen LogP contribution in [0.3, 0.4) is 0 Å². The van der Waals surface area contributed by atoms with Gasteiger partial charge in [-0.2, -0.15) is 0 Å². The van der Waals surface area contributed by atoms with Gasteiger partial charge in [0.25, 0.3) is 0 Å². The molecule has 1 aliphatic heterocycles. The zero-order valence-corrected chi connectivity index (χ0v) is 22.5. The molecule has 0 N–H and O–H groups in total. The Hall–Kier alpha value is -4.44. The molecule has 2 aromatic rings. The van der Waals surface area contributed by atoms with Gasteiger partial charge in [-0.05, 0) is 17.7 Å². The second-order valence-corrected chi connectivity index (χ2v) is 10.1. The van der Waals surface area contributed by atoms with Crippen molar-refractivity contribution in [3.05, 3.63) is 94.3 Å². The highest BCUT2D eigenvalue weighted by atomic mass is 19.1. The number of ether oxygens (including phenoxy) is 4. The van der Waals surface area contributed by atoms with Gasteiger partial charge in [0.15, 0.2) is 29.9 Å². The van der Waals surface area contributed by atoms with Crippen molar-refractivity contribution in [3.63, 3.8) is 0 Å².